The summed E-state index contributed by atoms with van der Waals surface area (Å²) in [6.07, 6.45) is 4.53. The standard InChI is InChI=1S/C13H25N3O2S.2ClH/c17-10-13(3-1-2-4-13)15-6-5-14-9-12(18)16-7-8-19-11-16;;/h14-15,17H,1-11H2;2*1H. The molecular formula is C13H27Cl2N3O2S. The second kappa shape index (κ2) is 10.9. The topological polar surface area (TPSA) is 64.6 Å². The molecule has 1 saturated carbocycles. The molecule has 1 amide bonds. The third kappa shape index (κ3) is 6.50. The van der Waals surface area contributed by atoms with Crippen LogP contribution < -0.4 is 10.6 Å². The predicted molar refractivity (Wildman–Crippen MR) is 92.7 cm³/mol. The Kier molecular flexibility index (Phi) is 11.1. The number of carbonyl (C=O) groups excluding carboxylic acids is 1. The molecule has 0 radical (unpaired) electrons. The molecule has 0 aromatic carbocycles. The lowest BCUT2D eigenvalue weighted by Gasteiger charge is -2.28. The van der Waals surface area contributed by atoms with Crippen LogP contribution in [-0.4, -0.2) is 65.9 Å². The van der Waals surface area contributed by atoms with Crippen LogP contribution in [0.1, 0.15) is 25.7 Å². The van der Waals surface area contributed by atoms with Crippen molar-refractivity contribution >= 4 is 42.5 Å². The Morgan fingerprint density at radius 3 is 2.52 bits per heavy atom. The van der Waals surface area contributed by atoms with E-state index in [1.165, 1.54) is 12.8 Å². The van der Waals surface area contributed by atoms with Crippen molar-refractivity contribution in [2.45, 2.75) is 31.2 Å². The van der Waals surface area contributed by atoms with E-state index < -0.39 is 0 Å². The molecule has 1 heterocycles. The predicted octanol–water partition coefficient (Wildman–Crippen LogP) is 0.847. The fourth-order valence-corrected chi connectivity index (χ4v) is 3.75. The smallest absolute Gasteiger partial charge is 0.237 e. The van der Waals surface area contributed by atoms with Crippen LogP contribution >= 0.6 is 36.6 Å². The van der Waals surface area contributed by atoms with Crippen molar-refractivity contribution in [1.82, 2.24) is 15.5 Å². The molecule has 126 valence electrons. The lowest BCUT2D eigenvalue weighted by molar-refractivity contribution is -0.128. The monoisotopic (exact) mass is 359 g/mol. The largest absolute Gasteiger partial charge is 0.394 e. The number of amides is 1. The molecule has 2 fully saturated rings. The van der Waals surface area contributed by atoms with E-state index in [1.54, 1.807) is 0 Å². The SMILES string of the molecule is Cl.Cl.O=C(CNCCNC1(CO)CCCC1)N1CCSC1. The van der Waals surface area contributed by atoms with Gasteiger partial charge in [-0.05, 0) is 12.8 Å². The van der Waals surface area contributed by atoms with Gasteiger partial charge in [-0.1, -0.05) is 12.8 Å². The van der Waals surface area contributed by atoms with E-state index in [2.05, 4.69) is 10.6 Å². The molecule has 0 aromatic heterocycles. The molecule has 1 aliphatic heterocycles. The first-order chi connectivity index (χ1) is 9.26. The van der Waals surface area contributed by atoms with Crippen LogP contribution in [0.2, 0.25) is 0 Å². The van der Waals surface area contributed by atoms with E-state index in [1.807, 2.05) is 16.7 Å². The number of nitrogens with zero attached hydrogens (tertiary/aromatic N) is 1. The number of rotatable bonds is 7. The fraction of sp³-hybridized carbons (Fsp3) is 0.923. The second-order valence-corrected chi connectivity index (χ2v) is 6.52. The van der Waals surface area contributed by atoms with Gasteiger partial charge in [-0.2, -0.15) is 0 Å². The number of halogens is 2. The summed E-state index contributed by atoms with van der Waals surface area (Å²) in [5.74, 6) is 2.10. The average molecular weight is 360 g/mol. The Hall–Kier alpha value is 0.280. The van der Waals surface area contributed by atoms with Gasteiger partial charge in [-0.3, -0.25) is 4.79 Å². The highest BCUT2D eigenvalue weighted by atomic mass is 35.5. The summed E-state index contributed by atoms with van der Waals surface area (Å²) in [5, 5.41) is 16.1. The summed E-state index contributed by atoms with van der Waals surface area (Å²) in [6.45, 7) is 3.11. The van der Waals surface area contributed by atoms with E-state index in [9.17, 15) is 9.90 Å². The molecule has 0 spiro atoms. The molecule has 8 heteroatoms. The van der Waals surface area contributed by atoms with Crippen molar-refractivity contribution < 1.29 is 9.90 Å². The van der Waals surface area contributed by atoms with Crippen LogP contribution in [0.4, 0.5) is 0 Å². The van der Waals surface area contributed by atoms with Crippen molar-refractivity contribution in [3.63, 3.8) is 0 Å². The average Bonchev–Trinajstić information content (AvgIpc) is 3.10. The summed E-state index contributed by atoms with van der Waals surface area (Å²) < 4.78 is 0. The van der Waals surface area contributed by atoms with Gasteiger partial charge in [0, 0.05) is 30.9 Å². The molecule has 3 N–H and O–H groups in total. The molecule has 21 heavy (non-hydrogen) atoms. The molecule has 0 atom stereocenters. The number of hydrogen-bond acceptors (Lipinski definition) is 5. The first-order valence-electron chi connectivity index (χ1n) is 7.18. The van der Waals surface area contributed by atoms with E-state index >= 15 is 0 Å². The van der Waals surface area contributed by atoms with Crippen molar-refractivity contribution in [2.75, 3.05) is 44.4 Å². The third-order valence-electron chi connectivity index (χ3n) is 4.05. The van der Waals surface area contributed by atoms with Gasteiger partial charge in [0.25, 0.3) is 0 Å². The lowest BCUT2D eigenvalue weighted by Crippen LogP contribution is -2.49. The van der Waals surface area contributed by atoms with Crippen LogP contribution in [0.15, 0.2) is 0 Å². The maximum absolute atomic E-state index is 11.8. The van der Waals surface area contributed by atoms with E-state index in [0.717, 1.165) is 44.1 Å². The Bertz CT molecular complexity index is 299. The van der Waals surface area contributed by atoms with Crippen LogP contribution in [-0.2, 0) is 4.79 Å². The zero-order chi connectivity index (χ0) is 13.6. The Labute approximate surface area is 143 Å². The second-order valence-electron chi connectivity index (χ2n) is 5.44. The zero-order valence-corrected chi connectivity index (χ0v) is 14.8. The molecule has 1 saturated heterocycles. The number of aliphatic hydroxyl groups is 1. The number of carbonyl (C=O) groups is 1. The van der Waals surface area contributed by atoms with Gasteiger partial charge >= 0.3 is 0 Å². The molecule has 1 aliphatic carbocycles. The molecular weight excluding hydrogens is 333 g/mol. The van der Waals surface area contributed by atoms with Gasteiger partial charge in [-0.25, -0.2) is 0 Å². The van der Waals surface area contributed by atoms with Gasteiger partial charge in [0.05, 0.1) is 19.0 Å². The van der Waals surface area contributed by atoms with E-state index in [0.29, 0.717) is 6.54 Å². The maximum Gasteiger partial charge on any atom is 0.237 e. The molecule has 5 nitrogen and oxygen atoms in total. The highest BCUT2D eigenvalue weighted by Gasteiger charge is 2.32. The maximum atomic E-state index is 11.8. The minimum atomic E-state index is -0.0583. The van der Waals surface area contributed by atoms with Gasteiger partial charge in [-0.15, -0.1) is 36.6 Å². The van der Waals surface area contributed by atoms with Gasteiger partial charge in [0.2, 0.25) is 5.91 Å². The minimum Gasteiger partial charge on any atom is -0.394 e. The van der Waals surface area contributed by atoms with Gasteiger partial charge in [0.15, 0.2) is 0 Å². The number of nitrogens with one attached hydrogen (secondary N) is 2. The summed E-state index contributed by atoms with van der Waals surface area (Å²) in [6, 6.07) is 0. The van der Waals surface area contributed by atoms with Gasteiger partial charge in [0.1, 0.15) is 0 Å². The zero-order valence-electron chi connectivity index (χ0n) is 12.3. The summed E-state index contributed by atoms with van der Waals surface area (Å²) >= 11 is 1.81. The molecule has 0 bridgehead atoms. The van der Waals surface area contributed by atoms with Crippen molar-refractivity contribution in [3.8, 4) is 0 Å². The van der Waals surface area contributed by atoms with Gasteiger partial charge < -0.3 is 20.6 Å². The molecule has 0 unspecified atom stereocenters. The first kappa shape index (κ1) is 21.3. The summed E-state index contributed by atoms with van der Waals surface area (Å²) in [4.78, 5) is 13.7. The lowest BCUT2D eigenvalue weighted by atomic mass is 9.99. The Morgan fingerprint density at radius 2 is 1.95 bits per heavy atom. The third-order valence-corrected chi connectivity index (χ3v) is 5.01. The number of hydrogen-bond donors (Lipinski definition) is 3. The minimum absolute atomic E-state index is 0. The van der Waals surface area contributed by atoms with Crippen LogP contribution in [0.5, 0.6) is 0 Å². The fourth-order valence-electron chi connectivity index (χ4n) is 2.78. The molecule has 2 aliphatic rings. The highest BCUT2D eigenvalue weighted by Crippen LogP contribution is 2.28. The van der Waals surface area contributed by atoms with Crippen LogP contribution in [0.25, 0.3) is 0 Å². The highest BCUT2D eigenvalue weighted by molar-refractivity contribution is 7.99. The Morgan fingerprint density at radius 1 is 1.24 bits per heavy atom. The number of thioether (sulfide) groups is 1. The molecule has 2 rings (SSSR count). The molecule has 0 aromatic rings. The van der Waals surface area contributed by atoms with Crippen molar-refractivity contribution in [2.24, 2.45) is 0 Å². The van der Waals surface area contributed by atoms with Crippen molar-refractivity contribution in [1.29, 1.82) is 0 Å². The van der Waals surface area contributed by atoms with Crippen LogP contribution in [0, 0.1) is 0 Å². The van der Waals surface area contributed by atoms with Crippen molar-refractivity contribution in [3.05, 3.63) is 0 Å². The van der Waals surface area contributed by atoms with Crippen LogP contribution in [0.3, 0.4) is 0 Å². The van der Waals surface area contributed by atoms with E-state index in [-0.39, 0.29) is 42.9 Å². The van der Waals surface area contributed by atoms with E-state index in [4.69, 9.17) is 0 Å². The summed E-state index contributed by atoms with van der Waals surface area (Å²) in [7, 11) is 0. The first-order valence-corrected chi connectivity index (χ1v) is 8.33. The Balaban J connectivity index is 0.00000200. The number of aliphatic hydroxyl groups excluding tert-OH is 1. The quantitative estimate of drug-likeness (QED) is 0.588. The normalized spacial score (nSPS) is 20.0. The summed E-state index contributed by atoms with van der Waals surface area (Å²) in [5.41, 5.74) is -0.0583.